The maximum absolute atomic E-state index is 5.66. The summed E-state index contributed by atoms with van der Waals surface area (Å²) in [5.74, 6) is 2.21. The van der Waals surface area contributed by atoms with E-state index in [0.717, 1.165) is 41.3 Å². The highest BCUT2D eigenvalue weighted by Crippen LogP contribution is 2.29. The minimum atomic E-state index is 0.663. The molecule has 0 atom stereocenters. The average Bonchev–Trinajstić information content (AvgIpc) is 3.38. The Kier molecular flexibility index (Phi) is 5.86. The topological polar surface area (TPSA) is 71.4 Å². The zero-order chi connectivity index (χ0) is 17.6. The van der Waals surface area contributed by atoms with Gasteiger partial charge in [-0.25, -0.2) is 9.97 Å². The first-order chi connectivity index (χ1) is 12.1. The van der Waals surface area contributed by atoms with Gasteiger partial charge in [-0.15, -0.1) is 11.3 Å². The van der Waals surface area contributed by atoms with Crippen molar-refractivity contribution >= 4 is 17.3 Å². The van der Waals surface area contributed by atoms with Crippen LogP contribution >= 0.6 is 11.3 Å². The number of aliphatic imine (C=N–C) groups is 1. The summed E-state index contributed by atoms with van der Waals surface area (Å²) in [4.78, 5) is 14.3. The standard InChI is InChI=1S/C18H25N5OS/c1-12-16(25-13(2)23-12)10-22-18(19-3)21-9-15-6-7-17(20-8-15)24-11-14-4-5-14/h6-8,14H,4-5,9-11H2,1-3H3,(H2,19,21,22). The number of guanidine groups is 1. The third-order valence-corrected chi connectivity index (χ3v) is 5.13. The molecule has 1 aliphatic rings. The molecule has 0 amide bonds. The number of nitrogens with one attached hydrogen (secondary N) is 2. The van der Waals surface area contributed by atoms with E-state index in [9.17, 15) is 0 Å². The summed E-state index contributed by atoms with van der Waals surface area (Å²) >= 11 is 1.71. The summed E-state index contributed by atoms with van der Waals surface area (Å²) in [6.07, 6.45) is 4.42. The smallest absolute Gasteiger partial charge is 0.213 e. The molecule has 2 aromatic rings. The van der Waals surface area contributed by atoms with Crippen LogP contribution in [0.2, 0.25) is 0 Å². The van der Waals surface area contributed by atoms with Crippen LogP contribution in [0.15, 0.2) is 23.3 Å². The van der Waals surface area contributed by atoms with Crippen molar-refractivity contribution in [3.8, 4) is 5.88 Å². The van der Waals surface area contributed by atoms with Crippen molar-refractivity contribution in [2.24, 2.45) is 10.9 Å². The van der Waals surface area contributed by atoms with E-state index in [1.807, 2.05) is 32.2 Å². The predicted octanol–water partition coefficient (Wildman–Crippen LogP) is 2.81. The molecule has 2 aromatic heterocycles. The quantitative estimate of drug-likeness (QED) is 0.587. The second kappa shape index (κ2) is 8.29. The summed E-state index contributed by atoms with van der Waals surface area (Å²) in [5, 5.41) is 7.72. The lowest BCUT2D eigenvalue weighted by Crippen LogP contribution is -2.36. The Hall–Kier alpha value is -2.15. The highest BCUT2D eigenvalue weighted by atomic mass is 32.1. The molecule has 1 saturated carbocycles. The van der Waals surface area contributed by atoms with Crippen molar-refractivity contribution in [1.29, 1.82) is 0 Å². The first-order valence-corrected chi connectivity index (χ1v) is 9.41. The van der Waals surface area contributed by atoms with E-state index < -0.39 is 0 Å². The van der Waals surface area contributed by atoms with Gasteiger partial charge in [0.1, 0.15) is 0 Å². The summed E-state index contributed by atoms with van der Waals surface area (Å²) in [6, 6.07) is 3.96. The fourth-order valence-corrected chi connectivity index (χ4v) is 3.27. The highest BCUT2D eigenvalue weighted by Gasteiger charge is 2.22. The van der Waals surface area contributed by atoms with Gasteiger partial charge in [-0.2, -0.15) is 0 Å². The van der Waals surface area contributed by atoms with Crippen LogP contribution in [0.1, 0.15) is 34.0 Å². The molecule has 7 heteroatoms. The molecule has 2 N–H and O–H groups in total. The number of rotatable bonds is 7. The summed E-state index contributed by atoms with van der Waals surface area (Å²) in [5.41, 5.74) is 2.17. The zero-order valence-corrected chi connectivity index (χ0v) is 15.8. The van der Waals surface area contributed by atoms with Crippen LogP contribution < -0.4 is 15.4 Å². The molecular weight excluding hydrogens is 334 g/mol. The lowest BCUT2D eigenvalue weighted by atomic mass is 10.3. The van der Waals surface area contributed by atoms with E-state index in [1.54, 1.807) is 18.4 Å². The summed E-state index contributed by atoms with van der Waals surface area (Å²) in [6.45, 7) is 6.24. The maximum Gasteiger partial charge on any atom is 0.213 e. The van der Waals surface area contributed by atoms with E-state index in [-0.39, 0.29) is 0 Å². The van der Waals surface area contributed by atoms with Gasteiger partial charge in [-0.05, 0) is 38.2 Å². The van der Waals surface area contributed by atoms with Gasteiger partial charge in [-0.1, -0.05) is 6.07 Å². The molecule has 6 nitrogen and oxygen atoms in total. The monoisotopic (exact) mass is 359 g/mol. The van der Waals surface area contributed by atoms with Gasteiger partial charge in [0.05, 0.1) is 23.9 Å². The van der Waals surface area contributed by atoms with Crippen molar-refractivity contribution in [2.75, 3.05) is 13.7 Å². The fraction of sp³-hybridized carbons (Fsp3) is 0.500. The van der Waals surface area contributed by atoms with E-state index in [1.165, 1.54) is 17.7 Å². The average molecular weight is 359 g/mol. The van der Waals surface area contributed by atoms with Crippen molar-refractivity contribution in [2.45, 2.75) is 39.8 Å². The van der Waals surface area contributed by atoms with Gasteiger partial charge in [0, 0.05) is 30.7 Å². The van der Waals surface area contributed by atoms with Crippen molar-refractivity contribution in [1.82, 2.24) is 20.6 Å². The normalized spacial score (nSPS) is 14.4. The number of hydrogen-bond donors (Lipinski definition) is 2. The SMILES string of the molecule is CN=C(NCc1ccc(OCC2CC2)nc1)NCc1sc(C)nc1C. The zero-order valence-electron chi connectivity index (χ0n) is 15.0. The second-order valence-corrected chi connectivity index (χ2v) is 7.57. The Bertz CT molecular complexity index is 722. The summed E-state index contributed by atoms with van der Waals surface area (Å²) < 4.78 is 5.66. The molecule has 134 valence electrons. The van der Waals surface area contributed by atoms with Gasteiger partial charge in [0.25, 0.3) is 0 Å². The molecule has 3 rings (SSSR count). The lowest BCUT2D eigenvalue weighted by molar-refractivity contribution is 0.288. The molecule has 2 heterocycles. The van der Waals surface area contributed by atoms with E-state index in [2.05, 4.69) is 25.6 Å². The van der Waals surface area contributed by atoms with Gasteiger partial charge >= 0.3 is 0 Å². The molecule has 25 heavy (non-hydrogen) atoms. The molecule has 0 aliphatic heterocycles. The van der Waals surface area contributed by atoms with Crippen molar-refractivity contribution in [3.05, 3.63) is 39.5 Å². The predicted molar refractivity (Wildman–Crippen MR) is 101 cm³/mol. The molecule has 0 saturated heterocycles. The Morgan fingerprint density at radius 1 is 1.28 bits per heavy atom. The largest absolute Gasteiger partial charge is 0.477 e. The molecular formula is C18H25N5OS. The number of pyridine rings is 1. The van der Waals surface area contributed by atoms with Crippen LogP contribution in [0.4, 0.5) is 0 Å². The number of thiazole rings is 1. The van der Waals surface area contributed by atoms with E-state index >= 15 is 0 Å². The highest BCUT2D eigenvalue weighted by molar-refractivity contribution is 7.11. The van der Waals surface area contributed by atoms with Crippen LogP contribution in [0.25, 0.3) is 0 Å². The van der Waals surface area contributed by atoms with Crippen molar-refractivity contribution < 1.29 is 4.74 Å². The van der Waals surface area contributed by atoms with E-state index in [0.29, 0.717) is 12.4 Å². The Morgan fingerprint density at radius 3 is 2.68 bits per heavy atom. The molecule has 0 aromatic carbocycles. The second-order valence-electron chi connectivity index (χ2n) is 6.28. The third-order valence-electron chi connectivity index (χ3n) is 4.06. The number of aromatic nitrogens is 2. The van der Waals surface area contributed by atoms with Crippen LogP contribution in [0, 0.1) is 19.8 Å². The molecule has 0 spiro atoms. The van der Waals surface area contributed by atoms with Crippen LogP contribution in [0.3, 0.4) is 0 Å². The van der Waals surface area contributed by atoms with Crippen LogP contribution in [-0.4, -0.2) is 29.6 Å². The van der Waals surface area contributed by atoms with Gasteiger partial charge in [0.2, 0.25) is 5.88 Å². The minimum Gasteiger partial charge on any atom is -0.477 e. The number of ether oxygens (including phenoxy) is 1. The van der Waals surface area contributed by atoms with E-state index in [4.69, 9.17) is 4.74 Å². The third kappa shape index (κ3) is 5.42. The van der Waals surface area contributed by atoms with Crippen LogP contribution in [0.5, 0.6) is 5.88 Å². The molecule has 1 fully saturated rings. The molecule has 0 unspecified atom stereocenters. The lowest BCUT2D eigenvalue weighted by Gasteiger charge is -2.11. The number of hydrogen-bond acceptors (Lipinski definition) is 5. The van der Waals surface area contributed by atoms with Gasteiger partial charge < -0.3 is 15.4 Å². The Labute approximate surface area is 152 Å². The van der Waals surface area contributed by atoms with Crippen LogP contribution in [-0.2, 0) is 13.1 Å². The molecule has 1 aliphatic carbocycles. The Balaban J connectivity index is 1.44. The molecule has 0 bridgehead atoms. The number of nitrogens with zero attached hydrogens (tertiary/aromatic N) is 3. The minimum absolute atomic E-state index is 0.663. The maximum atomic E-state index is 5.66. The number of aryl methyl sites for hydroxylation is 2. The van der Waals surface area contributed by atoms with Gasteiger partial charge in [-0.3, -0.25) is 4.99 Å². The Morgan fingerprint density at radius 2 is 2.08 bits per heavy atom. The van der Waals surface area contributed by atoms with Crippen molar-refractivity contribution in [3.63, 3.8) is 0 Å². The summed E-state index contributed by atoms with van der Waals surface area (Å²) in [7, 11) is 1.77. The molecule has 0 radical (unpaired) electrons. The fourth-order valence-electron chi connectivity index (χ4n) is 2.40. The van der Waals surface area contributed by atoms with Gasteiger partial charge in [0.15, 0.2) is 5.96 Å². The first kappa shape index (κ1) is 17.7. The first-order valence-electron chi connectivity index (χ1n) is 8.59.